The van der Waals surface area contributed by atoms with Crippen LogP contribution in [0, 0.1) is 46.3 Å². The molecule has 1 aromatic carbocycles. The van der Waals surface area contributed by atoms with Gasteiger partial charge in [0.2, 0.25) is 0 Å². The molecule has 0 aliphatic heterocycles. The van der Waals surface area contributed by atoms with Crippen LogP contribution in [0.1, 0.15) is 118 Å². The van der Waals surface area contributed by atoms with Crippen LogP contribution < -0.4 is 4.74 Å². The second-order valence-corrected chi connectivity index (χ2v) is 14.6. The average molecular weight is 535 g/mol. The van der Waals surface area contributed by atoms with Crippen molar-refractivity contribution in [1.82, 2.24) is 0 Å². The Kier molecular flexibility index (Phi) is 8.56. The third kappa shape index (κ3) is 5.71. The molecule has 0 unspecified atom stereocenters. The lowest BCUT2D eigenvalue weighted by atomic mass is 9.47. The minimum absolute atomic E-state index is 0.0702. The highest BCUT2D eigenvalue weighted by molar-refractivity contribution is 5.64. The molecule has 0 spiro atoms. The van der Waals surface area contributed by atoms with Gasteiger partial charge in [0, 0.05) is 6.42 Å². The van der Waals surface area contributed by atoms with Crippen molar-refractivity contribution in [2.45, 2.75) is 125 Å². The molecule has 216 valence electrons. The summed E-state index contributed by atoms with van der Waals surface area (Å²) in [6.07, 6.45) is 16.9. The second kappa shape index (κ2) is 11.6. The number of ether oxygens (including phenoxy) is 2. The second-order valence-electron chi connectivity index (χ2n) is 14.6. The maximum Gasteiger partial charge on any atom is 0.514 e. The molecule has 5 rings (SSSR count). The van der Waals surface area contributed by atoms with E-state index in [9.17, 15) is 4.79 Å². The van der Waals surface area contributed by atoms with Crippen LogP contribution in [0.25, 0.3) is 0 Å². The van der Waals surface area contributed by atoms with Crippen LogP contribution >= 0.6 is 0 Å². The summed E-state index contributed by atoms with van der Waals surface area (Å²) in [6, 6.07) is 7.75. The average Bonchev–Trinajstić information content (AvgIpc) is 3.26. The van der Waals surface area contributed by atoms with Crippen LogP contribution in [-0.2, 0) is 11.2 Å². The number of carbonyl (C=O) groups is 1. The maximum atomic E-state index is 12.6. The zero-order valence-corrected chi connectivity index (χ0v) is 25.6. The van der Waals surface area contributed by atoms with Crippen molar-refractivity contribution >= 4 is 6.16 Å². The van der Waals surface area contributed by atoms with Gasteiger partial charge in [0.1, 0.15) is 11.9 Å². The molecular formula is C36H54O3. The fourth-order valence-electron chi connectivity index (χ4n) is 9.84. The Morgan fingerprint density at radius 1 is 1.03 bits per heavy atom. The lowest BCUT2D eigenvalue weighted by Crippen LogP contribution is -2.51. The Labute approximate surface area is 238 Å². The summed E-state index contributed by atoms with van der Waals surface area (Å²) in [5, 5.41) is 0. The number of allylic oxidation sites excluding steroid dienone is 1. The predicted octanol–water partition coefficient (Wildman–Crippen LogP) is 10.2. The molecule has 0 heterocycles. The standard InChI is InChI=1S/C36H54O3/c1-7-26-12-9-13-28(22-26)38-34(37)39-29-18-20-35(5)27(23-29)14-15-30-32-17-16-31(25(4)11-8-10-24(2)3)36(32,6)21-19-33(30)35/h9,12-14,22,24-25,29-33H,7-8,10-11,15-21,23H2,1-6H3/t25-,29-,30+,31-,32+,33+,35-,36+/m0/s1. The van der Waals surface area contributed by atoms with Crippen LogP contribution in [0.3, 0.4) is 0 Å². The summed E-state index contributed by atoms with van der Waals surface area (Å²) < 4.78 is 11.4. The van der Waals surface area contributed by atoms with Gasteiger partial charge in [-0.05, 0) is 115 Å². The van der Waals surface area contributed by atoms with Gasteiger partial charge in [0.25, 0.3) is 0 Å². The minimum atomic E-state index is -0.556. The summed E-state index contributed by atoms with van der Waals surface area (Å²) in [5.74, 6) is 5.67. The number of aryl methyl sites for hydroxylation is 1. The van der Waals surface area contributed by atoms with Gasteiger partial charge in [-0.15, -0.1) is 0 Å². The molecule has 8 atom stereocenters. The van der Waals surface area contributed by atoms with Gasteiger partial charge < -0.3 is 9.47 Å². The molecular weight excluding hydrogens is 480 g/mol. The van der Waals surface area contributed by atoms with E-state index in [1.165, 1.54) is 51.4 Å². The monoisotopic (exact) mass is 534 g/mol. The molecule has 0 amide bonds. The smallest absolute Gasteiger partial charge is 0.430 e. The SMILES string of the molecule is CCc1cccc(OC(=O)O[C@H]2CC[C@@]3(C)C(=CC[C@@H]4[C@H]5CC[C@@H]([C@@H](C)CCCC(C)C)[C@@]5(C)CC[C@H]43)C2)c1. The molecule has 3 nitrogen and oxygen atoms in total. The lowest BCUT2D eigenvalue weighted by Gasteiger charge is -2.58. The fourth-order valence-corrected chi connectivity index (χ4v) is 9.84. The Morgan fingerprint density at radius 3 is 2.62 bits per heavy atom. The summed E-state index contributed by atoms with van der Waals surface area (Å²) in [4.78, 5) is 12.6. The molecule has 3 fully saturated rings. The zero-order chi connectivity index (χ0) is 27.8. The van der Waals surface area contributed by atoms with Crippen LogP contribution in [0.15, 0.2) is 35.9 Å². The normalized spacial score (nSPS) is 36.4. The summed E-state index contributed by atoms with van der Waals surface area (Å²) in [7, 11) is 0. The van der Waals surface area contributed by atoms with Crippen molar-refractivity contribution in [3.63, 3.8) is 0 Å². The maximum absolute atomic E-state index is 12.6. The Balaban J connectivity index is 1.21. The third-order valence-electron chi connectivity index (χ3n) is 12.0. The number of benzene rings is 1. The molecule has 4 aliphatic rings. The van der Waals surface area contributed by atoms with Crippen molar-refractivity contribution in [1.29, 1.82) is 0 Å². The van der Waals surface area contributed by atoms with E-state index in [2.05, 4.69) is 53.7 Å². The Hall–Kier alpha value is -1.77. The quantitative estimate of drug-likeness (QED) is 0.189. The van der Waals surface area contributed by atoms with Gasteiger partial charge in [-0.2, -0.15) is 0 Å². The number of carbonyl (C=O) groups excluding carboxylic acids is 1. The largest absolute Gasteiger partial charge is 0.514 e. The molecule has 3 saturated carbocycles. The van der Waals surface area contributed by atoms with Gasteiger partial charge >= 0.3 is 6.16 Å². The summed E-state index contributed by atoms with van der Waals surface area (Å²) in [5.41, 5.74) is 3.51. The predicted molar refractivity (Wildman–Crippen MR) is 160 cm³/mol. The first-order valence-corrected chi connectivity index (χ1v) is 16.3. The summed E-state index contributed by atoms with van der Waals surface area (Å²) in [6.45, 7) is 14.6. The van der Waals surface area contributed by atoms with E-state index in [1.54, 1.807) is 5.57 Å². The van der Waals surface area contributed by atoms with Crippen LogP contribution in [0.4, 0.5) is 4.79 Å². The van der Waals surface area contributed by atoms with Crippen LogP contribution in [0.5, 0.6) is 5.75 Å². The van der Waals surface area contributed by atoms with Gasteiger partial charge in [-0.3, -0.25) is 0 Å². The molecule has 0 saturated heterocycles. The van der Waals surface area contributed by atoms with Crippen molar-refractivity contribution < 1.29 is 14.3 Å². The first kappa shape index (κ1) is 28.7. The first-order valence-electron chi connectivity index (χ1n) is 16.3. The molecule has 0 bridgehead atoms. The molecule has 39 heavy (non-hydrogen) atoms. The fraction of sp³-hybridized carbons (Fsp3) is 0.750. The highest BCUT2D eigenvalue weighted by Crippen LogP contribution is 2.67. The highest BCUT2D eigenvalue weighted by Gasteiger charge is 2.59. The number of rotatable bonds is 8. The third-order valence-corrected chi connectivity index (χ3v) is 12.0. The van der Waals surface area contributed by atoms with E-state index in [1.807, 2.05) is 18.2 Å². The summed E-state index contributed by atoms with van der Waals surface area (Å²) >= 11 is 0. The van der Waals surface area contributed by atoms with E-state index in [-0.39, 0.29) is 11.5 Å². The number of hydrogen-bond acceptors (Lipinski definition) is 3. The van der Waals surface area contributed by atoms with Crippen molar-refractivity contribution in [2.75, 3.05) is 0 Å². The van der Waals surface area contributed by atoms with E-state index >= 15 is 0 Å². The zero-order valence-electron chi connectivity index (χ0n) is 25.6. The topological polar surface area (TPSA) is 35.5 Å². The van der Waals surface area contributed by atoms with E-state index < -0.39 is 6.16 Å². The molecule has 1 aromatic rings. The molecule has 0 aromatic heterocycles. The van der Waals surface area contributed by atoms with E-state index in [0.717, 1.165) is 66.8 Å². The Bertz CT molecular complexity index is 1040. The highest BCUT2D eigenvalue weighted by atomic mass is 16.7. The molecule has 0 N–H and O–H groups in total. The van der Waals surface area contributed by atoms with Crippen molar-refractivity contribution in [3.05, 3.63) is 41.5 Å². The van der Waals surface area contributed by atoms with Gasteiger partial charge in [-0.1, -0.05) is 84.6 Å². The van der Waals surface area contributed by atoms with Gasteiger partial charge in [-0.25, -0.2) is 4.79 Å². The van der Waals surface area contributed by atoms with Crippen LogP contribution in [-0.4, -0.2) is 12.3 Å². The molecule has 0 radical (unpaired) electrons. The van der Waals surface area contributed by atoms with E-state index in [4.69, 9.17) is 9.47 Å². The lowest BCUT2D eigenvalue weighted by molar-refractivity contribution is -0.0597. The van der Waals surface area contributed by atoms with Gasteiger partial charge in [0.15, 0.2) is 0 Å². The first-order chi connectivity index (χ1) is 18.6. The molecule has 4 aliphatic carbocycles. The Morgan fingerprint density at radius 2 is 1.85 bits per heavy atom. The minimum Gasteiger partial charge on any atom is -0.430 e. The van der Waals surface area contributed by atoms with E-state index in [0.29, 0.717) is 11.2 Å². The van der Waals surface area contributed by atoms with Crippen molar-refractivity contribution in [3.8, 4) is 5.75 Å². The number of fused-ring (bicyclic) bond motifs is 5. The van der Waals surface area contributed by atoms with Crippen molar-refractivity contribution in [2.24, 2.45) is 46.3 Å². The van der Waals surface area contributed by atoms with Crippen LogP contribution in [0.2, 0.25) is 0 Å². The van der Waals surface area contributed by atoms with Gasteiger partial charge in [0.05, 0.1) is 0 Å². The molecule has 3 heteroatoms. The number of hydrogen-bond donors (Lipinski definition) is 0.